The molecule has 1 heterocycles. The van der Waals surface area contributed by atoms with Crippen molar-refractivity contribution < 1.29 is 24.1 Å². The first-order valence-corrected chi connectivity index (χ1v) is 9.45. The number of hydrogen-bond donors (Lipinski definition) is 4. The summed E-state index contributed by atoms with van der Waals surface area (Å²) in [6.45, 7) is 3.19. The van der Waals surface area contributed by atoms with Gasteiger partial charge in [-0.1, -0.05) is 17.8 Å². The Bertz CT molecular complexity index is 901. The van der Waals surface area contributed by atoms with Crippen molar-refractivity contribution in [3.8, 4) is 0 Å². The van der Waals surface area contributed by atoms with Gasteiger partial charge >= 0.3 is 0 Å². The monoisotopic (exact) mass is 409 g/mol. The normalized spacial score (nSPS) is 16.3. The summed E-state index contributed by atoms with van der Waals surface area (Å²) in [6.07, 6.45) is 0.604. The molecule has 9 nitrogen and oxygen atoms in total. The number of amides is 1. The SMILES string of the molecule is CC(C)(CO)NC(=O)CSc1nonc1C(=NC1Cc2ccc(F)cc21)NO. The van der Waals surface area contributed by atoms with Crippen molar-refractivity contribution in [3.63, 3.8) is 0 Å². The fourth-order valence-electron chi connectivity index (χ4n) is 2.67. The van der Waals surface area contributed by atoms with Gasteiger partial charge in [0.1, 0.15) is 5.82 Å². The summed E-state index contributed by atoms with van der Waals surface area (Å²) in [7, 11) is 0. The van der Waals surface area contributed by atoms with Gasteiger partial charge in [0.05, 0.1) is 23.9 Å². The van der Waals surface area contributed by atoms with Crippen LogP contribution < -0.4 is 10.8 Å². The zero-order chi connectivity index (χ0) is 20.3. The van der Waals surface area contributed by atoms with Crippen molar-refractivity contribution in [2.24, 2.45) is 4.99 Å². The Hall–Kier alpha value is -2.50. The fourth-order valence-corrected chi connectivity index (χ4v) is 3.37. The molecule has 11 heteroatoms. The third-order valence-corrected chi connectivity index (χ3v) is 5.11. The summed E-state index contributed by atoms with van der Waals surface area (Å²) in [6, 6.07) is 4.17. The van der Waals surface area contributed by atoms with Crippen molar-refractivity contribution in [3.05, 3.63) is 40.8 Å². The molecule has 1 aliphatic rings. The van der Waals surface area contributed by atoms with Crippen molar-refractivity contribution in [2.75, 3.05) is 12.4 Å². The van der Waals surface area contributed by atoms with Crippen LogP contribution in [-0.4, -0.2) is 50.3 Å². The topological polar surface area (TPSA) is 133 Å². The molecular weight excluding hydrogens is 389 g/mol. The number of rotatable bonds is 7. The van der Waals surface area contributed by atoms with Gasteiger partial charge in [0.2, 0.25) is 5.91 Å². The number of aromatic nitrogens is 2. The number of nitrogens with zero attached hydrogens (tertiary/aromatic N) is 3. The highest BCUT2D eigenvalue weighted by atomic mass is 32.2. The maximum absolute atomic E-state index is 13.4. The van der Waals surface area contributed by atoms with Crippen LogP contribution in [0.1, 0.15) is 36.7 Å². The van der Waals surface area contributed by atoms with E-state index >= 15 is 0 Å². The lowest BCUT2D eigenvalue weighted by Gasteiger charge is -2.27. The Morgan fingerprint density at radius 1 is 1.46 bits per heavy atom. The summed E-state index contributed by atoms with van der Waals surface area (Å²) in [4.78, 5) is 16.4. The zero-order valence-corrected chi connectivity index (χ0v) is 16.1. The largest absolute Gasteiger partial charge is 0.394 e. The highest BCUT2D eigenvalue weighted by Gasteiger charge is 2.28. The Labute approximate surface area is 164 Å². The minimum absolute atomic E-state index is 0.000819. The van der Waals surface area contributed by atoms with E-state index in [0.717, 1.165) is 22.9 Å². The molecule has 0 spiro atoms. The minimum Gasteiger partial charge on any atom is -0.394 e. The summed E-state index contributed by atoms with van der Waals surface area (Å²) >= 11 is 1.04. The van der Waals surface area contributed by atoms with E-state index in [1.165, 1.54) is 12.1 Å². The van der Waals surface area contributed by atoms with Gasteiger partial charge in [0, 0.05) is 0 Å². The van der Waals surface area contributed by atoms with E-state index in [1.807, 2.05) is 5.48 Å². The van der Waals surface area contributed by atoms with Gasteiger partial charge in [-0.2, -0.15) is 0 Å². The summed E-state index contributed by atoms with van der Waals surface area (Å²) in [5, 5.41) is 29.1. The van der Waals surface area contributed by atoms with Gasteiger partial charge in [-0.25, -0.2) is 9.02 Å². The average Bonchev–Trinajstić information content (AvgIpc) is 3.11. The number of benzene rings is 1. The summed E-state index contributed by atoms with van der Waals surface area (Å²) in [5.41, 5.74) is 3.10. The first-order valence-electron chi connectivity index (χ1n) is 8.47. The third kappa shape index (κ3) is 4.49. The van der Waals surface area contributed by atoms with E-state index < -0.39 is 5.54 Å². The van der Waals surface area contributed by atoms with Gasteiger partial charge in [-0.05, 0) is 53.8 Å². The van der Waals surface area contributed by atoms with Crippen LogP contribution in [0.3, 0.4) is 0 Å². The van der Waals surface area contributed by atoms with Crippen LogP contribution in [0.5, 0.6) is 0 Å². The van der Waals surface area contributed by atoms with Gasteiger partial charge in [-0.15, -0.1) is 0 Å². The number of fused-ring (bicyclic) bond motifs is 1. The smallest absolute Gasteiger partial charge is 0.230 e. The number of halogens is 1. The molecule has 0 radical (unpaired) electrons. The molecule has 2 aromatic rings. The molecule has 0 aliphatic heterocycles. The first kappa shape index (κ1) is 20.2. The Morgan fingerprint density at radius 2 is 2.25 bits per heavy atom. The van der Waals surface area contributed by atoms with E-state index in [0.29, 0.717) is 6.42 Å². The van der Waals surface area contributed by atoms with Gasteiger partial charge < -0.3 is 10.4 Å². The molecule has 28 heavy (non-hydrogen) atoms. The maximum atomic E-state index is 13.4. The molecule has 1 aromatic carbocycles. The van der Waals surface area contributed by atoms with Crippen LogP contribution in [-0.2, 0) is 11.2 Å². The lowest BCUT2D eigenvalue weighted by molar-refractivity contribution is -0.120. The number of amidine groups is 1. The molecule has 1 amide bonds. The Balaban J connectivity index is 1.70. The molecule has 1 aromatic heterocycles. The summed E-state index contributed by atoms with van der Waals surface area (Å²) in [5.74, 6) is -0.647. The number of thioether (sulfide) groups is 1. The van der Waals surface area contributed by atoms with Crippen LogP contribution in [0.25, 0.3) is 0 Å². The number of hydroxylamine groups is 1. The second-order valence-corrected chi connectivity index (χ2v) is 7.91. The van der Waals surface area contributed by atoms with Crippen molar-refractivity contribution >= 4 is 23.5 Å². The summed E-state index contributed by atoms with van der Waals surface area (Å²) < 4.78 is 18.1. The molecule has 150 valence electrons. The van der Waals surface area contributed by atoms with Crippen LogP contribution in [0.4, 0.5) is 4.39 Å². The quantitative estimate of drug-likeness (QED) is 0.232. The lowest BCUT2D eigenvalue weighted by atomic mass is 9.83. The molecule has 1 unspecified atom stereocenters. The van der Waals surface area contributed by atoms with Crippen LogP contribution in [0, 0.1) is 5.82 Å². The van der Waals surface area contributed by atoms with Crippen LogP contribution >= 0.6 is 11.8 Å². The first-order chi connectivity index (χ1) is 13.3. The van der Waals surface area contributed by atoms with Gasteiger partial charge in [0.15, 0.2) is 16.6 Å². The Kier molecular flexibility index (Phi) is 5.96. The van der Waals surface area contributed by atoms with E-state index in [-0.39, 0.29) is 46.7 Å². The average molecular weight is 409 g/mol. The van der Waals surface area contributed by atoms with Crippen molar-refractivity contribution in [1.82, 2.24) is 21.1 Å². The molecule has 4 N–H and O–H groups in total. The number of aliphatic hydroxyl groups excluding tert-OH is 1. The third-order valence-electron chi connectivity index (χ3n) is 4.17. The molecule has 0 fully saturated rings. The molecule has 0 bridgehead atoms. The van der Waals surface area contributed by atoms with Crippen molar-refractivity contribution in [2.45, 2.75) is 36.9 Å². The predicted octanol–water partition coefficient (Wildman–Crippen LogP) is 1.21. The molecular formula is C17H20FN5O4S. The van der Waals surface area contributed by atoms with E-state index in [9.17, 15) is 19.5 Å². The van der Waals surface area contributed by atoms with Gasteiger partial charge in [0.25, 0.3) is 0 Å². The van der Waals surface area contributed by atoms with Crippen LogP contribution in [0.2, 0.25) is 0 Å². The van der Waals surface area contributed by atoms with Crippen molar-refractivity contribution in [1.29, 1.82) is 0 Å². The number of nitrogens with one attached hydrogen (secondary N) is 2. The number of aliphatic imine (C=N–C) groups is 1. The highest BCUT2D eigenvalue weighted by molar-refractivity contribution is 8.00. The Morgan fingerprint density at radius 3 is 2.96 bits per heavy atom. The van der Waals surface area contributed by atoms with E-state index in [4.69, 9.17) is 4.63 Å². The lowest BCUT2D eigenvalue weighted by Crippen LogP contribution is -2.47. The molecule has 0 saturated carbocycles. The van der Waals surface area contributed by atoms with E-state index in [2.05, 4.69) is 20.6 Å². The van der Waals surface area contributed by atoms with Gasteiger partial charge in [-0.3, -0.25) is 20.5 Å². The number of aliphatic hydroxyl groups is 1. The molecule has 1 aliphatic carbocycles. The molecule has 3 rings (SSSR count). The second kappa shape index (κ2) is 8.25. The van der Waals surface area contributed by atoms with E-state index in [1.54, 1.807) is 19.9 Å². The minimum atomic E-state index is -0.741. The fraction of sp³-hybridized carbons (Fsp3) is 0.412. The molecule has 1 atom stereocenters. The zero-order valence-electron chi connectivity index (χ0n) is 15.3. The number of carbonyl (C=O) groups is 1. The number of hydrogen-bond acceptors (Lipinski definition) is 8. The number of carbonyl (C=O) groups excluding carboxylic acids is 1. The van der Waals surface area contributed by atoms with Crippen LogP contribution in [0.15, 0.2) is 32.8 Å². The maximum Gasteiger partial charge on any atom is 0.230 e. The second-order valence-electron chi connectivity index (χ2n) is 6.95. The highest BCUT2D eigenvalue weighted by Crippen LogP contribution is 2.37. The standard InChI is InChI=1S/C17H20FN5O4S/c1-17(2,8-24)20-13(25)7-28-16-14(22-27-23-16)15(21-26)19-12-5-9-3-4-10(18)6-11(9)12/h3-4,6,12,24,26H,5,7-8H2,1-2H3,(H,19,21)(H,20,25). The molecule has 0 saturated heterocycles. The predicted molar refractivity (Wildman–Crippen MR) is 98.6 cm³/mol.